The van der Waals surface area contributed by atoms with Gasteiger partial charge in [0.1, 0.15) is 0 Å². The van der Waals surface area contributed by atoms with Crippen molar-refractivity contribution < 1.29 is 5.11 Å². The van der Waals surface area contributed by atoms with Crippen LogP contribution in [0.3, 0.4) is 0 Å². The van der Waals surface area contributed by atoms with Gasteiger partial charge < -0.3 is 10.4 Å². The van der Waals surface area contributed by atoms with Gasteiger partial charge >= 0.3 is 0 Å². The molecule has 2 heteroatoms. The molecule has 0 atom stereocenters. The van der Waals surface area contributed by atoms with Crippen molar-refractivity contribution in [3.63, 3.8) is 0 Å². The predicted molar refractivity (Wildman–Crippen MR) is 69.8 cm³/mol. The Morgan fingerprint density at radius 2 is 1.65 bits per heavy atom. The summed E-state index contributed by atoms with van der Waals surface area (Å²) in [6.45, 7) is 3.73. The topological polar surface area (TPSA) is 32.3 Å². The van der Waals surface area contributed by atoms with Crippen LogP contribution >= 0.6 is 0 Å². The molecule has 0 heterocycles. The minimum atomic E-state index is 0.304. The first kappa shape index (κ1) is 12.0. The summed E-state index contributed by atoms with van der Waals surface area (Å²) < 4.78 is 0. The van der Waals surface area contributed by atoms with E-state index in [9.17, 15) is 5.11 Å². The largest absolute Gasteiger partial charge is 0.396 e. The smallest absolute Gasteiger partial charge is 0.0448 e. The average molecular weight is 237 g/mol. The zero-order valence-corrected chi connectivity index (χ0v) is 11.1. The number of rotatable bonds is 5. The minimum absolute atomic E-state index is 0.304. The zero-order valence-electron chi connectivity index (χ0n) is 11.1. The number of hydrogen-bond acceptors (Lipinski definition) is 2. The molecule has 0 unspecified atom stereocenters. The third-order valence-electron chi connectivity index (χ3n) is 5.82. The Kier molecular flexibility index (Phi) is 3.20. The van der Waals surface area contributed by atoms with Crippen LogP contribution in [0.1, 0.15) is 51.9 Å². The Morgan fingerprint density at radius 3 is 2.12 bits per heavy atom. The predicted octanol–water partition coefficient (Wildman–Crippen LogP) is 2.56. The first-order chi connectivity index (χ1) is 8.28. The van der Waals surface area contributed by atoms with Gasteiger partial charge in [0, 0.05) is 12.1 Å². The maximum atomic E-state index is 9.48. The zero-order chi connectivity index (χ0) is 11.9. The second-order valence-electron chi connectivity index (χ2n) is 6.75. The lowest BCUT2D eigenvalue weighted by atomic mass is 9.48. The maximum Gasteiger partial charge on any atom is 0.0448 e. The van der Waals surface area contributed by atoms with Gasteiger partial charge in [0.2, 0.25) is 0 Å². The van der Waals surface area contributed by atoms with E-state index >= 15 is 0 Å². The highest BCUT2D eigenvalue weighted by atomic mass is 16.3. The van der Waals surface area contributed by atoms with Crippen LogP contribution < -0.4 is 5.32 Å². The highest BCUT2D eigenvalue weighted by Gasteiger charge is 2.56. The summed E-state index contributed by atoms with van der Waals surface area (Å²) in [5.74, 6) is 3.76. The van der Waals surface area contributed by atoms with Gasteiger partial charge in [-0.25, -0.2) is 0 Å². The number of nitrogens with one attached hydrogen (secondary N) is 1. The molecule has 4 rings (SSSR count). The van der Waals surface area contributed by atoms with E-state index in [4.69, 9.17) is 0 Å². The van der Waals surface area contributed by atoms with Gasteiger partial charge in [0.25, 0.3) is 0 Å². The molecule has 0 aromatic heterocycles. The number of aliphatic hydroxyl groups excluding tert-OH is 1. The molecule has 98 valence electrons. The van der Waals surface area contributed by atoms with Gasteiger partial charge in [0.05, 0.1) is 0 Å². The first-order valence-electron chi connectivity index (χ1n) is 7.64. The molecule has 4 fully saturated rings. The summed E-state index contributed by atoms with van der Waals surface area (Å²) in [5.41, 5.74) is 0.304. The monoisotopic (exact) mass is 237 g/mol. The van der Waals surface area contributed by atoms with Crippen LogP contribution in [0.15, 0.2) is 0 Å². The first-order valence-corrected chi connectivity index (χ1v) is 7.64. The van der Waals surface area contributed by atoms with Gasteiger partial charge in [-0.3, -0.25) is 0 Å². The molecule has 0 saturated heterocycles. The molecular formula is C15H27NO. The fourth-order valence-electron chi connectivity index (χ4n) is 5.35. The SMILES string of the molecule is CCCNC1(CCO)C2CC3CC(C2)CC1C3. The molecule has 2 nitrogen and oxygen atoms in total. The Bertz CT molecular complexity index is 248. The third kappa shape index (κ3) is 1.84. The maximum absolute atomic E-state index is 9.48. The fraction of sp³-hybridized carbons (Fsp3) is 1.00. The summed E-state index contributed by atoms with van der Waals surface area (Å²) >= 11 is 0. The minimum Gasteiger partial charge on any atom is -0.396 e. The fourth-order valence-corrected chi connectivity index (χ4v) is 5.35. The molecule has 0 spiro atoms. The highest BCUT2D eigenvalue weighted by molar-refractivity contribution is 5.10. The van der Waals surface area contributed by atoms with Gasteiger partial charge in [-0.15, -0.1) is 0 Å². The van der Waals surface area contributed by atoms with E-state index in [1.165, 1.54) is 38.5 Å². The molecule has 0 amide bonds. The molecule has 17 heavy (non-hydrogen) atoms. The van der Waals surface area contributed by atoms with Crippen LogP contribution in [0.25, 0.3) is 0 Å². The van der Waals surface area contributed by atoms with Crippen LogP contribution in [0.2, 0.25) is 0 Å². The Balaban J connectivity index is 1.82. The molecule has 4 aliphatic carbocycles. The highest BCUT2D eigenvalue weighted by Crippen LogP contribution is 2.59. The average Bonchev–Trinajstić information content (AvgIpc) is 2.31. The van der Waals surface area contributed by atoms with E-state index in [0.717, 1.165) is 36.6 Å². The van der Waals surface area contributed by atoms with Crippen molar-refractivity contribution in [3.05, 3.63) is 0 Å². The van der Waals surface area contributed by atoms with E-state index in [2.05, 4.69) is 12.2 Å². The summed E-state index contributed by atoms with van der Waals surface area (Å²) in [6.07, 6.45) is 9.44. The van der Waals surface area contributed by atoms with Crippen LogP contribution in [0, 0.1) is 23.7 Å². The van der Waals surface area contributed by atoms with Crippen molar-refractivity contribution in [2.24, 2.45) is 23.7 Å². The van der Waals surface area contributed by atoms with Crippen LogP contribution in [0.5, 0.6) is 0 Å². The molecule has 4 saturated carbocycles. The van der Waals surface area contributed by atoms with E-state index < -0.39 is 0 Å². The van der Waals surface area contributed by atoms with E-state index in [1.807, 2.05) is 0 Å². The molecule has 4 aliphatic rings. The summed E-state index contributed by atoms with van der Waals surface area (Å²) in [7, 11) is 0. The molecule has 0 aromatic rings. The van der Waals surface area contributed by atoms with Crippen LogP contribution in [-0.2, 0) is 0 Å². The van der Waals surface area contributed by atoms with Crippen LogP contribution in [-0.4, -0.2) is 23.8 Å². The van der Waals surface area contributed by atoms with E-state index in [-0.39, 0.29) is 0 Å². The molecule has 4 bridgehead atoms. The van der Waals surface area contributed by atoms with Crippen molar-refractivity contribution in [3.8, 4) is 0 Å². The Morgan fingerprint density at radius 1 is 1.06 bits per heavy atom. The molecule has 2 N–H and O–H groups in total. The molecule has 0 aromatic carbocycles. The van der Waals surface area contributed by atoms with Gasteiger partial charge in [-0.2, -0.15) is 0 Å². The standard InChI is InChI=1S/C15H27NO/c1-2-4-16-15(3-5-17)13-7-11-6-12(9-13)10-14(15)8-11/h11-14,16-17H,2-10H2,1H3. The molecular weight excluding hydrogens is 210 g/mol. The van der Waals surface area contributed by atoms with Crippen LogP contribution in [0.4, 0.5) is 0 Å². The number of hydrogen-bond donors (Lipinski definition) is 2. The van der Waals surface area contributed by atoms with Gasteiger partial charge in [0.15, 0.2) is 0 Å². The Labute approximate surface area is 105 Å². The summed E-state index contributed by atoms with van der Waals surface area (Å²) in [4.78, 5) is 0. The lowest BCUT2D eigenvalue weighted by Crippen LogP contribution is -2.65. The van der Waals surface area contributed by atoms with Crippen molar-refractivity contribution >= 4 is 0 Å². The lowest BCUT2D eigenvalue weighted by Gasteiger charge is -2.62. The van der Waals surface area contributed by atoms with Gasteiger partial charge in [-0.05, 0) is 75.2 Å². The third-order valence-corrected chi connectivity index (χ3v) is 5.82. The second-order valence-corrected chi connectivity index (χ2v) is 6.75. The Hall–Kier alpha value is -0.0800. The van der Waals surface area contributed by atoms with Crippen molar-refractivity contribution in [2.75, 3.05) is 13.2 Å². The normalized spacial score (nSPS) is 47.6. The van der Waals surface area contributed by atoms with E-state index in [0.29, 0.717) is 12.1 Å². The van der Waals surface area contributed by atoms with Gasteiger partial charge in [-0.1, -0.05) is 6.92 Å². The second kappa shape index (κ2) is 4.55. The van der Waals surface area contributed by atoms with Crippen molar-refractivity contribution in [1.29, 1.82) is 0 Å². The molecule has 0 radical (unpaired) electrons. The lowest BCUT2D eigenvalue weighted by molar-refractivity contribution is -0.0823. The number of aliphatic hydroxyl groups is 1. The van der Waals surface area contributed by atoms with Crippen molar-refractivity contribution in [2.45, 2.75) is 57.4 Å². The quantitative estimate of drug-likeness (QED) is 0.770. The summed E-state index contributed by atoms with van der Waals surface area (Å²) in [5, 5.41) is 13.3. The summed E-state index contributed by atoms with van der Waals surface area (Å²) in [6, 6.07) is 0. The van der Waals surface area contributed by atoms with Crippen molar-refractivity contribution in [1.82, 2.24) is 5.32 Å². The molecule has 0 aliphatic heterocycles. The van der Waals surface area contributed by atoms with E-state index in [1.54, 1.807) is 0 Å².